The molecule has 14 heteroatoms. The van der Waals surface area contributed by atoms with Crippen LogP contribution in [-0.4, -0.2) is 69.6 Å². The van der Waals surface area contributed by atoms with Crippen LogP contribution in [0.5, 0.6) is 11.8 Å². The number of hydrogen-bond donors (Lipinski definition) is 1. The zero-order valence-electron chi connectivity index (χ0n) is 19.2. The first-order valence-corrected chi connectivity index (χ1v) is 12.8. The van der Waals surface area contributed by atoms with Gasteiger partial charge in [-0.2, -0.15) is 9.94 Å². The summed E-state index contributed by atoms with van der Waals surface area (Å²) in [5, 5.41) is 21.1. The molecule has 0 spiro atoms. The lowest BCUT2D eigenvalue weighted by Gasteiger charge is -2.18. The molecule has 2 aliphatic rings. The monoisotopic (exact) mass is 520 g/mol. The minimum Gasteiger partial charge on any atom is -0.423 e. The van der Waals surface area contributed by atoms with Crippen molar-refractivity contribution in [1.82, 2.24) is 34.5 Å². The Labute approximate surface area is 211 Å². The van der Waals surface area contributed by atoms with E-state index in [9.17, 15) is 13.7 Å². The number of aromatic nitrogens is 6. The summed E-state index contributed by atoms with van der Waals surface area (Å²) in [4.78, 5) is 3.95. The van der Waals surface area contributed by atoms with Crippen LogP contribution in [0.3, 0.4) is 0 Å². The summed E-state index contributed by atoms with van der Waals surface area (Å²) < 4.78 is 49.7. The lowest BCUT2D eigenvalue weighted by atomic mass is 10.1. The first-order chi connectivity index (χ1) is 18.0. The standard InChI is InChI=1S/C23H20N8O5S/c24-11-15-3-1-2-4-20(15)37(32,33)27-18-12-34-22-19(13-35-21(18)22)31-23(26-28-29-31)36-17-7-5-16(6-8-17)30-10-9-25-14-30/h1-10,14,18-19,21-22,27H,12-13H2. The lowest BCUT2D eigenvalue weighted by Crippen LogP contribution is -2.44. The average molecular weight is 521 g/mol. The molecule has 4 unspecified atom stereocenters. The molecule has 0 amide bonds. The molecular formula is C23H20N8O5S. The predicted molar refractivity (Wildman–Crippen MR) is 125 cm³/mol. The molecule has 0 saturated carbocycles. The molecule has 0 radical (unpaired) electrons. The quantitative estimate of drug-likeness (QED) is 0.375. The Bertz CT molecular complexity index is 1550. The number of rotatable bonds is 7. The van der Waals surface area contributed by atoms with Gasteiger partial charge < -0.3 is 18.8 Å². The zero-order valence-corrected chi connectivity index (χ0v) is 20.0. The minimum absolute atomic E-state index is 0.0595. The summed E-state index contributed by atoms with van der Waals surface area (Å²) in [5.41, 5.74) is 0.978. The highest BCUT2D eigenvalue weighted by atomic mass is 32.2. The van der Waals surface area contributed by atoms with Crippen LogP contribution in [0.4, 0.5) is 0 Å². The second kappa shape index (κ2) is 9.37. The van der Waals surface area contributed by atoms with Crippen molar-refractivity contribution in [3.63, 3.8) is 0 Å². The lowest BCUT2D eigenvalue weighted by molar-refractivity contribution is 0.0615. The molecular weight excluding hydrogens is 500 g/mol. The number of fused-ring (bicyclic) bond motifs is 1. The summed E-state index contributed by atoms with van der Waals surface area (Å²) in [6.07, 6.45) is 4.16. The van der Waals surface area contributed by atoms with Gasteiger partial charge in [0.15, 0.2) is 0 Å². The number of nitrogens with zero attached hydrogens (tertiary/aromatic N) is 7. The van der Waals surface area contributed by atoms with Gasteiger partial charge in [-0.1, -0.05) is 17.2 Å². The normalized spacial score (nSPS) is 23.0. The van der Waals surface area contributed by atoms with E-state index in [0.717, 1.165) is 5.69 Å². The highest BCUT2D eigenvalue weighted by molar-refractivity contribution is 7.89. The number of benzene rings is 2. The van der Waals surface area contributed by atoms with Gasteiger partial charge in [-0.05, 0) is 46.8 Å². The molecule has 6 rings (SSSR count). The molecule has 13 nitrogen and oxygen atoms in total. The summed E-state index contributed by atoms with van der Waals surface area (Å²) >= 11 is 0. The van der Waals surface area contributed by atoms with Crippen molar-refractivity contribution in [3.05, 3.63) is 72.8 Å². The molecule has 1 N–H and O–H groups in total. The van der Waals surface area contributed by atoms with Gasteiger partial charge in [0.2, 0.25) is 10.0 Å². The van der Waals surface area contributed by atoms with Gasteiger partial charge in [-0.25, -0.2) is 18.1 Å². The number of hydrogen-bond acceptors (Lipinski definition) is 10. The van der Waals surface area contributed by atoms with Crippen LogP contribution in [0.15, 0.2) is 72.1 Å². The van der Waals surface area contributed by atoms with Crippen LogP contribution in [-0.2, 0) is 19.5 Å². The van der Waals surface area contributed by atoms with E-state index in [0.29, 0.717) is 5.75 Å². The molecule has 2 aromatic heterocycles. The number of tetrazole rings is 1. The van der Waals surface area contributed by atoms with Gasteiger partial charge in [0.05, 0.1) is 36.0 Å². The third kappa shape index (κ3) is 4.34. The number of imidazole rings is 1. The van der Waals surface area contributed by atoms with Crippen LogP contribution in [0.1, 0.15) is 11.6 Å². The summed E-state index contributed by atoms with van der Waals surface area (Å²) in [6, 6.07) is 14.3. The Morgan fingerprint density at radius 3 is 2.68 bits per heavy atom. The first-order valence-electron chi connectivity index (χ1n) is 11.3. The molecule has 4 atom stereocenters. The fourth-order valence-corrected chi connectivity index (χ4v) is 5.90. The van der Waals surface area contributed by atoms with Gasteiger partial charge in [0, 0.05) is 18.1 Å². The van der Waals surface area contributed by atoms with Crippen molar-refractivity contribution < 1.29 is 22.6 Å². The van der Waals surface area contributed by atoms with Crippen molar-refractivity contribution in [2.45, 2.75) is 29.2 Å². The van der Waals surface area contributed by atoms with Crippen LogP contribution in [0.25, 0.3) is 5.69 Å². The summed E-state index contributed by atoms with van der Waals surface area (Å²) in [6.45, 7) is 0.289. The predicted octanol–water partition coefficient (Wildman–Crippen LogP) is 1.21. The number of sulfonamides is 1. The zero-order chi connectivity index (χ0) is 25.4. The van der Waals surface area contributed by atoms with Gasteiger partial charge in [-0.3, -0.25) is 0 Å². The van der Waals surface area contributed by atoms with Gasteiger partial charge in [0.1, 0.15) is 30.1 Å². The fourth-order valence-electron chi connectivity index (χ4n) is 4.51. The molecule has 4 aromatic rings. The third-order valence-electron chi connectivity index (χ3n) is 6.26. The summed E-state index contributed by atoms with van der Waals surface area (Å²) in [5.74, 6) is 0.532. The Kier molecular flexibility index (Phi) is 5.89. The maximum Gasteiger partial charge on any atom is 0.341 e. The summed E-state index contributed by atoms with van der Waals surface area (Å²) in [7, 11) is -3.98. The van der Waals surface area contributed by atoms with E-state index in [1.54, 1.807) is 36.8 Å². The van der Waals surface area contributed by atoms with Gasteiger partial charge >= 0.3 is 6.01 Å². The molecule has 2 fully saturated rings. The van der Waals surface area contributed by atoms with Crippen molar-refractivity contribution in [2.24, 2.45) is 0 Å². The topological polar surface area (TPSA) is 159 Å². The first kappa shape index (κ1) is 23.3. The molecule has 2 aromatic carbocycles. The Morgan fingerprint density at radius 2 is 1.89 bits per heavy atom. The van der Waals surface area contributed by atoms with E-state index in [4.69, 9.17) is 14.2 Å². The van der Waals surface area contributed by atoms with E-state index in [-0.39, 0.29) is 29.7 Å². The van der Waals surface area contributed by atoms with E-state index >= 15 is 0 Å². The van der Waals surface area contributed by atoms with E-state index in [1.165, 1.54) is 16.8 Å². The number of nitrogens with one attached hydrogen (secondary N) is 1. The number of nitriles is 1. The van der Waals surface area contributed by atoms with E-state index in [2.05, 4.69) is 25.2 Å². The van der Waals surface area contributed by atoms with Crippen LogP contribution in [0.2, 0.25) is 0 Å². The highest BCUT2D eigenvalue weighted by Crippen LogP contribution is 2.36. The number of ether oxygens (including phenoxy) is 3. The smallest absolute Gasteiger partial charge is 0.341 e. The van der Waals surface area contributed by atoms with Crippen LogP contribution >= 0.6 is 0 Å². The van der Waals surface area contributed by atoms with Crippen molar-refractivity contribution in [3.8, 4) is 23.5 Å². The van der Waals surface area contributed by atoms with Crippen molar-refractivity contribution in [2.75, 3.05) is 13.2 Å². The second-order valence-electron chi connectivity index (χ2n) is 8.47. The molecule has 2 aliphatic heterocycles. The minimum atomic E-state index is -3.98. The second-order valence-corrected chi connectivity index (χ2v) is 10.2. The van der Waals surface area contributed by atoms with Crippen LogP contribution in [0, 0.1) is 11.3 Å². The molecule has 0 aliphatic carbocycles. The highest BCUT2D eigenvalue weighted by Gasteiger charge is 2.51. The molecule has 0 bridgehead atoms. The molecule has 188 valence electrons. The van der Waals surface area contributed by atoms with Crippen molar-refractivity contribution in [1.29, 1.82) is 5.26 Å². The van der Waals surface area contributed by atoms with Gasteiger partial charge in [-0.15, -0.1) is 0 Å². The maximum absolute atomic E-state index is 13.0. The van der Waals surface area contributed by atoms with Crippen LogP contribution < -0.4 is 9.46 Å². The average Bonchev–Trinajstić information content (AvgIpc) is 3.71. The Morgan fingerprint density at radius 1 is 1.08 bits per heavy atom. The van der Waals surface area contributed by atoms with Gasteiger partial charge in [0.25, 0.3) is 0 Å². The Balaban J connectivity index is 1.16. The Hall–Kier alpha value is -4.16. The fraction of sp³-hybridized carbons (Fsp3) is 0.261. The molecule has 4 heterocycles. The largest absolute Gasteiger partial charge is 0.423 e. The maximum atomic E-state index is 13.0. The third-order valence-corrected chi connectivity index (χ3v) is 7.80. The molecule has 2 saturated heterocycles. The SMILES string of the molecule is N#Cc1ccccc1S(=O)(=O)NC1COC2C1OCC2n1nnnc1Oc1ccc(-n2ccnc2)cc1. The van der Waals surface area contributed by atoms with E-state index < -0.39 is 34.3 Å². The molecule has 37 heavy (non-hydrogen) atoms. The van der Waals surface area contributed by atoms with E-state index in [1.807, 2.05) is 29.0 Å². The van der Waals surface area contributed by atoms with Crippen molar-refractivity contribution >= 4 is 10.0 Å².